The van der Waals surface area contributed by atoms with Crippen molar-refractivity contribution in [3.05, 3.63) is 46.6 Å². The summed E-state index contributed by atoms with van der Waals surface area (Å²) in [7, 11) is 0. The summed E-state index contributed by atoms with van der Waals surface area (Å²) in [5, 5.41) is 12.9. The molecule has 0 atom stereocenters. The van der Waals surface area contributed by atoms with Gasteiger partial charge in [0.1, 0.15) is 21.9 Å². The maximum atomic E-state index is 12.3. The lowest BCUT2D eigenvalue weighted by atomic mass is 10.2. The molecule has 2 N–H and O–H groups in total. The number of nitrogens with one attached hydrogen (secondary N) is 1. The smallest absolute Gasteiger partial charge is 0.348 e. The third kappa shape index (κ3) is 3.50. The van der Waals surface area contributed by atoms with E-state index in [9.17, 15) is 9.59 Å². The quantitative estimate of drug-likeness (QED) is 0.653. The molecular formula is C18H17N3O4S. The van der Waals surface area contributed by atoms with Gasteiger partial charge in [0.2, 0.25) is 0 Å². The number of carboxylic acid groups (broad SMARTS) is 1. The molecule has 0 bridgehead atoms. The van der Waals surface area contributed by atoms with E-state index >= 15 is 0 Å². The van der Waals surface area contributed by atoms with Crippen molar-refractivity contribution in [1.29, 1.82) is 0 Å². The Kier molecular flexibility index (Phi) is 4.85. The maximum Gasteiger partial charge on any atom is 0.348 e. The van der Waals surface area contributed by atoms with Crippen LogP contribution in [0.3, 0.4) is 0 Å². The first-order valence-electron chi connectivity index (χ1n) is 7.92. The Morgan fingerprint density at radius 2 is 1.88 bits per heavy atom. The number of carbonyl (C=O) groups is 2. The molecule has 0 amide bonds. The van der Waals surface area contributed by atoms with Crippen LogP contribution in [0.15, 0.2) is 30.6 Å². The summed E-state index contributed by atoms with van der Waals surface area (Å²) in [4.78, 5) is 32.9. The number of rotatable bonds is 5. The third-order valence-electron chi connectivity index (χ3n) is 3.65. The Morgan fingerprint density at radius 1 is 1.19 bits per heavy atom. The van der Waals surface area contributed by atoms with Crippen LogP contribution in [-0.2, 0) is 4.74 Å². The number of aromatic carboxylic acids is 1. The van der Waals surface area contributed by atoms with Gasteiger partial charge in [-0.25, -0.2) is 19.6 Å². The van der Waals surface area contributed by atoms with E-state index in [0.29, 0.717) is 21.2 Å². The van der Waals surface area contributed by atoms with Crippen LogP contribution >= 0.6 is 11.3 Å². The number of fused-ring (bicyclic) bond motifs is 1. The second kappa shape index (κ2) is 7.09. The largest absolute Gasteiger partial charge is 0.478 e. The lowest BCUT2D eigenvalue weighted by molar-refractivity contribution is 0.0383. The van der Waals surface area contributed by atoms with Crippen molar-refractivity contribution < 1.29 is 19.4 Å². The van der Waals surface area contributed by atoms with Crippen molar-refractivity contribution in [2.45, 2.75) is 26.9 Å². The molecule has 1 aromatic carbocycles. The van der Waals surface area contributed by atoms with Crippen LogP contribution in [0, 0.1) is 6.92 Å². The molecular weight excluding hydrogens is 354 g/mol. The molecule has 0 aliphatic heterocycles. The normalized spacial score (nSPS) is 10.9. The van der Waals surface area contributed by atoms with Gasteiger partial charge < -0.3 is 15.2 Å². The molecule has 0 spiro atoms. The average molecular weight is 371 g/mol. The highest BCUT2D eigenvalue weighted by Gasteiger charge is 2.21. The summed E-state index contributed by atoms with van der Waals surface area (Å²) >= 11 is 1.26. The van der Waals surface area contributed by atoms with Gasteiger partial charge in [0.15, 0.2) is 0 Å². The fourth-order valence-corrected chi connectivity index (χ4v) is 3.49. The Balaban J connectivity index is 1.97. The minimum atomic E-state index is -0.983. The van der Waals surface area contributed by atoms with Crippen molar-refractivity contribution in [3.63, 3.8) is 0 Å². The number of benzene rings is 1. The number of esters is 1. The second-order valence-corrected chi connectivity index (χ2v) is 6.92. The fourth-order valence-electron chi connectivity index (χ4n) is 2.46. The summed E-state index contributed by atoms with van der Waals surface area (Å²) in [6, 6.07) is 6.34. The van der Waals surface area contributed by atoms with E-state index in [1.807, 2.05) is 6.92 Å². The molecule has 134 valence electrons. The summed E-state index contributed by atoms with van der Waals surface area (Å²) in [5.74, 6) is -0.810. The number of carbonyl (C=O) groups excluding carboxylic acids is 1. The molecule has 3 aromatic rings. The van der Waals surface area contributed by atoms with Crippen LogP contribution in [-0.4, -0.2) is 33.1 Å². The third-order valence-corrected chi connectivity index (χ3v) is 4.83. The molecule has 7 nitrogen and oxygen atoms in total. The van der Waals surface area contributed by atoms with Gasteiger partial charge in [0, 0.05) is 5.69 Å². The highest BCUT2D eigenvalue weighted by atomic mass is 32.1. The van der Waals surface area contributed by atoms with Crippen LogP contribution in [0.25, 0.3) is 10.2 Å². The Bertz CT molecular complexity index is 980. The first-order valence-corrected chi connectivity index (χ1v) is 8.74. The fraction of sp³-hybridized carbons (Fsp3) is 0.222. The molecule has 0 radical (unpaired) electrons. The highest BCUT2D eigenvalue weighted by molar-refractivity contribution is 7.20. The molecule has 3 rings (SSSR count). The Labute approximate surface area is 153 Å². The second-order valence-electron chi connectivity index (χ2n) is 5.92. The number of ether oxygens (including phenoxy) is 1. The number of nitrogens with zero attached hydrogens (tertiary/aromatic N) is 2. The highest BCUT2D eigenvalue weighted by Crippen LogP contribution is 2.35. The van der Waals surface area contributed by atoms with Gasteiger partial charge in [-0.1, -0.05) is 0 Å². The van der Waals surface area contributed by atoms with Gasteiger partial charge in [-0.05, 0) is 50.6 Å². The summed E-state index contributed by atoms with van der Waals surface area (Å²) in [5.41, 5.74) is 1.64. The topological polar surface area (TPSA) is 101 Å². The molecule has 26 heavy (non-hydrogen) atoms. The standard InChI is InChI=1S/C18H17N3O4S/c1-9(2)25-18(24)14-10(3)13-15(19-8-20-16(13)26-14)21-12-6-4-11(5-7-12)17(22)23/h4-9H,1-3H3,(H,22,23)(H,19,20,21). The molecule has 2 heterocycles. The van der Waals surface area contributed by atoms with Gasteiger partial charge in [0.25, 0.3) is 0 Å². The van der Waals surface area contributed by atoms with Crippen molar-refractivity contribution in [1.82, 2.24) is 9.97 Å². The van der Waals surface area contributed by atoms with Gasteiger partial charge in [-0.15, -0.1) is 11.3 Å². The molecule has 0 saturated heterocycles. The zero-order chi connectivity index (χ0) is 18.8. The first-order chi connectivity index (χ1) is 12.4. The van der Waals surface area contributed by atoms with Gasteiger partial charge in [-0.2, -0.15) is 0 Å². The van der Waals surface area contributed by atoms with Crippen molar-refractivity contribution >= 4 is 45.0 Å². The van der Waals surface area contributed by atoms with E-state index in [4.69, 9.17) is 9.84 Å². The molecule has 0 saturated carbocycles. The molecule has 0 aliphatic rings. The minimum Gasteiger partial charge on any atom is -0.478 e. The van der Waals surface area contributed by atoms with Crippen molar-refractivity contribution in [2.24, 2.45) is 0 Å². The van der Waals surface area contributed by atoms with Gasteiger partial charge >= 0.3 is 11.9 Å². The number of hydrogen-bond acceptors (Lipinski definition) is 7. The number of anilines is 2. The Hall–Kier alpha value is -3.00. The number of thiophene rings is 1. The minimum absolute atomic E-state index is 0.203. The maximum absolute atomic E-state index is 12.3. The van der Waals surface area contributed by atoms with Crippen molar-refractivity contribution in [2.75, 3.05) is 5.32 Å². The predicted octanol–water partition coefficient (Wildman–Crippen LogP) is 4.01. The number of aromatic nitrogens is 2. The van der Waals surface area contributed by atoms with E-state index in [-0.39, 0.29) is 17.6 Å². The molecule has 0 fully saturated rings. The van der Waals surface area contributed by atoms with E-state index in [0.717, 1.165) is 10.9 Å². The number of hydrogen-bond donors (Lipinski definition) is 2. The van der Waals surface area contributed by atoms with Crippen LogP contribution in [0.2, 0.25) is 0 Å². The van der Waals surface area contributed by atoms with E-state index in [1.165, 1.54) is 29.8 Å². The lowest BCUT2D eigenvalue weighted by Gasteiger charge is -2.08. The SMILES string of the molecule is Cc1c(C(=O)OC(C)C)sc2ncnc(Nc3ccc(C(=O)O)cc3)c12. The molecule has 2 aromatic heterocycles. The lowest BCUT2D eigenvalue weighted by Crippen LogP contribution is -2.11. The van der Waals surface area contributed by atoms with Crippen LogP contribution in [0.1, 0.15) is 39.4 Å². The zero-order valence-corrected chi connectivity index (χ0v) is 15.3. The van der Waals surface area contributed by atoms with Crippen LogP contribution in [0.5, 0.6) is 0 Å². The summed E-state index contributed by atoms with van der Waals surface area (Å²) in [6.07, 6.45) is 1.22. The zero-order valence-electron chi connectivity index (χ0n) is 14.4. The number of aryl methyl sites for hydroxylation is 1. The average Bonchev–Trinajstić information content (AvgIpc) is 2.93. The molecule has 8 heteroatoms. The van der Waals surface area contributed by atoms with E-state index in [2.05, 4.69) is 15.3 Å². The summed E-state index contributed by atoms with van der Waals surface area (Å²) in [6.45, 7) is 5.43. The first kappa shape index (κ1) is 17.8. The Morgan fingerprint density at radius 3 is 2.50 bits per heavy atom. The predicted molar refractivity (Wildman–Crippen MR) is 99.4 cm³/mol. The van der Waals surface area contributed by atoms with E-state index in [1.54, 1.807) is 26.0 Å². The summed E-state index contributed by atoms with van der Waals surface area (Å²) < 4.78 is 5.29. The van der Waals surface area contributed by atoms with E-state index < -0.39 is 5.97 Å². The molecule has 0 aliphatic carbocycles. The van der Waals surface area contributed by atoms with Gasteiger partial charge in [0.05, 0.1) is 17.1 Å². The van der Waals surface area contributed by atoms with Gasteiger partial charge in [-0.3, -0.25) is 0 Å². The van der Waals surface area contributed by atoms with Crippen molar-refractivity contribution in [3.8, 4) is 0 Å². The number of carboxylic acids is 1. The monoisotopic (exact) mass is 371 g/mol. The van der Waals surface area contributed by atoms with Crippen LogP contribution in [0.4, 0.5) is 11.5 Å². The molecule has 0 unspecified atom stereocenters. The van der Waals surface area contributed by atoms with Crippen LogP contribution < -0.4 is 5.32 Å².